The van der Waals surface area contributed by atoms with E-state index in [1.54, 1.807) is 6.33 Å². The first-order chi connectivity index (χ1) is 6.70. The van der Waals surface area contributed by atoms with E-state index in [4.69, 9.17) is 0 Å². The second-order valence-corrected chi connectivity index (χ2v) is 4.03. The summed E-state index contributed by atoms with van der Waals surface area (Å²) in [6, 6.07) is 0. The maximum atomic E-state index is 4.27. The zero-order valence-electron chi connectivity index (χ0n) is 9.09. The Hall–Kier alpha value is -1.18. The normalized spacial score (nSPS) is 16.5. The highest BCUT2D eigenvalue weighted by Gasteiger charge is 2.17. The van der Waals surface area contributed by atoms with Crippen LogP contribution in [0.5, 0.6) is 0 Å². The summed E-state index contributed by atoms with van der Waals surface area (Å²) in [6.45, 7) is 6.37. The van der Waals surface area contributed by atoms with Crippen LogP contribution < -0.4 is 0 Å². The molecule has 1 aliphatic carbocycles. The molecule has 2 heteroatoms. The van der Waals surface area contributed by atoms with Gasteiger partial charge in [-0.1, -0.05) is 5.57 Å². The van der Waals surface area contributed by atoms with E-state index in [-0.39, 0.29) is 0 Å². The molecule has 2 rings (SSSR count). The smallest absolute Gasteiger partial charge is 0.115 e. The first kappa shape index (κ1) is 9.38. The van der Waals surface area contributed by atoms with Crippen molar-refractivity contribution in [2.45, 2.75) is 40.0 Å². The number of hydrogen-bond acceptors (Lipinski definition) is 2. The van der Waals surface area contributed by atoms with Gasteiger partial charge in [-0.2, -0.15) is 0 Å². The van der Waals surface area contributed by atoms with Gasteiger partial charge in [0.15, 0.2) is 0 Å². The summed E-state index contributed by atoms with van der Waals surface area (Å²) >= 11 is 0. The van der Waals surface area contributed by atoms with Gasteiger partial charge >= 0.3 is 0 Å². The molecule has 0 fully saturated rings. The van der Waals surface area contributed by atoms with E-state index in [1.165, 1.54) is 36.0 Å². The zero-order chi connectivity index (χ0) is 10.1. The van der Waals surface area contributed by atoms with Gasteiger partial charge in [-0.05, 0) is 45.6 Å². The van der Waals surface area contributed by atoms with Gasteiger partial charge in [0.2, 0.25) is 0 Å². The van der Waals surface area contributed by atoms with Gasteiger partial charge in [0.1, 0.15) is 6.33 Å². The quantitative estimate of drug-likeness (QED) is 0.677. The van der Waals surface area contributed by atoms with Crippen LogP contribution in [-0.4, -0.2) is 9.97 Å². The van der Waals surface area contributed by atoms with E-state index < -0.39 is 0 Å². The van der Waals surface area contributed by atoms with Crippen molar-refractivity contribution in [3.8, 4) is 0 Å². The van der Waals surface area contributed by atoms with Crippen molar-refractivity contribution >= 4 is 5.57 Å². The Bertz CT molecular complexity index is 371. The Labute approximate surface area is 85.1 Å². The minimum Gasteiger partial charge on any atom is -0.241 e. The number of allylic oxidation sites excluding steroid dienone is 2. The van der Waals surface area contributed by atoms with Gasteiger partial charge in [-0.25, -0.2) is 9.97 Å². The minimum atomic E-state index is 1.12. The van der Waals surface area contributed by atoms with Crippen molar-refractivity contribution < 1.29 is 0 Å². The molecule has 2 nitrogen and oxygen atoms in total. The topological polar surface area (TPSA) is 25.8 Å². The Morgan fingerprint density at radius 3 is 2.14 bits per heavy atom. The number of nitrogens with zero attached hydrogens (tertiary/aromatic N) is 2. The highest BCUT2D eigenvalue weighted by Crippen LogP contribution is 2.35. The summed E-state index contributed by atoms with van der Waals surface area (Å²) < 4.78 is 0. The predicted octanol–water partition coefficient (Wildman–Crippen LogP) is 3.05. The molecule has 0 bridgehead atoms. The average molecular weight is 188 g/mol. The van der Waals surface area contributed by atoms with Crippen LogP contribution >= 0.6 is 0 Å². The number of rotatable bonds is 1. The number of aryl methyl sites for hydroxylation is 2. The van der Waals surface area contributed by atoms with Crippen LogP contribution in [0.1, 0.15) is 43.1 Å². The molecule has 1 aromatic rings. The Morgan fingerprint density at radius 2 is 1.64 bits per heavy atom. The Kier molecular flexibility index (Phi) is 2.36. The van der Waals surface area contributed by atoms with Crippen molar-refractivity contribution in [2.75, 3.05) is 0 Å². The second-order valence-electron chi connectivity index (χ2n) is 4.03. The summed E-state index contributed by atoms with van der Waals surface area (Å²) in [4.78, 5) is 8.55. The average Bonchev–Trinajstić information content (AvgIpc) is 2.52. The van der Waals surface area contributed by atoms with E-state index in [9.17, 15) is 0 Å². The number of hydrogen-bond donors (Lipinski definition) is 0. The molecule has 0 saturated carbocycles. The van der Waals surface area contributed by atoms with Gasteiger partial charge in [-0.3, -0.25) is 0 Å². The molecule has 0 saturated heterocycles. The molecule has 0 radical (unpaired) electrons. The standard InChI is InChI=1S/C12H16N2/c1-8-5-4-6-11(8)12-9(2)13-7-14-10(12)3/h7H,4-6H2,1-3H3. The van der Waals surface area contributed by atoms with E-state index in [2.05, 4.69) is 30.7 Å². The van der Waals surface area contributed by atoms with Crippen LogP contribution in [0.2, 0.25) is 0 Å². The molecule has 1 heterocycles. The van der Waals surface area contributed by atoms with Crippen molar-refractivity contribution in [2.24, 2.45) is 0 Å². The Morgan fingerprint density at radius 1 is 1.00 bits per heavy atom. The third-order valence-corrected chi connectivity index (χ3v) is 3.02. The molecule has 1 aliphatic rings. The SMILES string of the molecule is CC1=C(c2c(C)ncnc2C)CCC1. The molecular formula is C12H16N2. The van der Waals surface area contributed by atoms with Gasteiger partial charge in [0.05, 0.1) is 0 Å². The molecule has 1 aromatic heterocycles. The molecule has 0 N–H and O–H groups in total. The monoisotopic (exact) mass is 188 g/mol. The van der Waals surface area contributed by atoms with Gasteiger partial charge < -0.3 is 0 Å². The lowest BCUT2D eigenvalue weighted by atomic mass is 10.00. The minimum absolute atomic E-state index is 1.12. The maximum absolute atomic E-state index is 4.27. The molecule has 0 spiro atoms. The molecule has 0 atom stereocenters. The number of aromatic nitrogens is 2. The summed E-state index contributed by atoms with van der Waals surface area (Å²) in [5, 5.41) is 0. The summed E-state index contributed by atoms with van der Waals surface area (Å²) in [5.74, 6) is 0. The highest BCUT2D eigenvalue weighted by atomic mass is 14.8. The van der Waals surface area contributed by atoms with Crippen LogP contribution in [0, 0.1) is 13.8 Å². The van der Waals surface area contributed by atoms with Crippen LogP contribution in [0.25, 0.3) is 5.57 Å². The molecule has 0 amide bonds. The maximum Gasteiger partial charge on any atom is 0.115 e. The summed E-state index contributed by atoms with van der Waals surface area (Å²) in [5.41, 5.74) is 6.54. The Balaban J connectivity index is 2.56. The van der Waals surface area contributed by atoms with Crippen LogP contribution in [0.3, 0.4) is 0 Å². The fourth-order valence-corrected chi connectivity index (χ4v) is 2.26. The van der Waals surface area contributed by atoms with Crippen molar-refractivity contribution in [3.05, 3.63) is 28.9 Å². The lowest BCUT2D eigenvalue weighted by Gasteiger charge is -2.09. The highest BCUT2D eigenvalue weighted by molar-refractivity contribution is 5.72. The van der Waals surface area contributed by atoms with Crippen LogP contribution in [0.4, 0.5) is 0 Å². The van der Waals surface area contributed by atoms with E-state index in [1.807, 2.05) is 0 Å². The molecular weight excluding hydrogens is 172 g/mol. The molecule has 14 heavy (non-hydrogen) atoms. The second kappa shape index (κ2) is 3.52. The van der Waals surface area contributed by atoms with E-state index >= 15 is 0 Å². The largest absolute Gasteiger partial charge is 0.241 e. The van der Waals surface area contributed by atoms with Crippen molar-refractivity contribution in [1.82, 2.24) is 9.97 Å². The fraction of sp³-hybridized carbons (Fsp3) is 0.500. The summed E-state index contributed by atoms with van der Waals surface area (Å²) in [6.07, 6.45) is 5.37. The molecule has 0 aromatic carbocycles. The molecule has 0 aliphatic heterocycles. The van der Waals surface area contributed by atoms with Crippen LogP contribution in [-0.2, 0) is 0 Å². The molecule has 0 unspecified atom stereocenters. The van der Waals surface area contributed by atoms with Crippen molar-refractivity contribution in [3.63, 3.8) is 0 Å². The zero-order valence-corrected chi connectivity index (χ0v) is 9.09. The first-order valence-electron chi connectivity index (χ1n) is 5.17. The van der Waals surface area contributed by atoms with Gasteiger partial charge in [-0.15, -0.1) is 0 Å². The van der Waals surface area contributed by atoms with E-state index in [0.29, 0.717) is 0 Å². The summed E-state index contributed by atoms with van der Waals surface area (Å²) in [7, 11) is 0. The van der Waals surface area contributed by atoms with Gasteiger partial charge in [0, 0.05) is 17.0 Å². The lowest BCUT2D eigenvalue weighted by molar-refractivity contribution is 0.907. The van der Waals surface area contributed by atoms with Gasteiger partial charge in [0.25, 0.3) is 0 Å². The third-order valence-electron chi connectivity index (χ3n) is 3.02. The lowest BCUT2D eigenvalue weighted by Crippen LogP contribution is -1.98. The third kappa shape index (κ3) is 1.45. The van der Waals surface area contributed by atoms with E-state index in [0.717, 1.165) is 11.4 Å². The molecule has 74 valence electrons. The predicted molar refractivity (Wildman–Crippen MR) is 58.0 cm³/mol. The van der Waals surface area contributed by atoms with Crippen molar-refractivity contribution in [1.29, 1.82) is 0 Å². The fourth-order valence-electron chi connectivity index (χ4n) is 2.26. The first-order valence-corrected chi connectivity index (χ1v) is 5.17. The van der Waals surface area contributed by atoms with Crippen LogP contribution in [0.15, 0.2) is 11.9 Å².